The van der Waals surface area contributed by atoms with Crippen LogP contribution in [-0.4, -0.2) is 23.3 Å². The van der Waals surface area contributed by atoms with Crippen LogP contribution in [-0.2, 0) is 0 Å². The maximum Gasteiger partial charge on any atom is 0.150 e. The molecule has 1 aromatic rings. The molecule has 0 aromatic carbocycles. The van der Waals surface area contributed by atoms with E-state index < -0.39 is 0 Å². The minimum atomic E-state index is 0.752. The average molecular weight is 270 g/mol. The molecule has 2 atom stereocenters. The molecule has 0 spiro atoms. The molecule has 2 rings (SSSR count). The van der Waals surface area contributed by atoms with E-state index in [9.17, 15) is 0 Å². The predicted molar refractivity (Wildman–Crippen MR) is 77.0 cm³/mol. The number of aryl methyl sites for hydroxylation is 1. The van der Waals surface area contributed by atoms with Gasteiger partial charge in [0.05, 0.1) is 0 Å². The molecule has 0 radical (unpaired) electrons. The average Bonchev–Trinajstić information content (AvgIpc) is 2.73. The van der Waals surface area contributed by atoms with Crippen molar-refractivity contribution >= 4 is 23.1 Å². The Kier molecular flexibility index (Phi) is 5.32. The van der Waals surface area contributed by atoms with Crippen molar-refractivity contribution in [3.05, 3.63) is 11.1 Å². The molecule has 1 saturated carbocycles. The first kappa shape index (κ1) is 13.4. The minimum absolute atomic E-state index is 0.752. The van der Waals surface area contributed by atoms with Gasteiger partial charge in [-0.25, -0.2) is 4.98 Å². The summed E-state index contributed by atoms with van der Waals surface area (Å²) in [6.45, 7) is 5.55. The third kappa shape index (κ3) is 4.27. The second-order valence-electron chi connectivity index (χ2n) is 4.93. The molecule has 0 saturated heterocycles. The van der Waals surface area contributed by atoms with Crippen molar-refractivity contribution in [1.29, 1.82) is 0 Å². The third-order valence-electron chi connectivity index (χ3n) is 3.44. The highest BCUT2D eigenvalue weighted by Gasteiger charge is 2.20. The molecule has 0 aliphatic heterocycles. The Balaban J connectivity index is 1.62. The van der Waals surface area contributed by atoms with Crippen LogP contribution >= 0.6 is 23.1 Å². The number of nitrogens with zero attached hydrogens (tertiary/aromatic N) is 1. The van der Waals surface area contributed by atoms with Gasteiger partial charge in [-0.3, -0.25) is 0 Å². The Morgan fingerprint density at radius 3 is 3.00 bits per heavy atom. The van der Waals surface area contributed by atoms with Gasteiger partial charge in [0.2, 0.25) is 0 Å². The van der Waals surface area contributed by atoms with Gasteiger partial charge in [0.15, 0.2) is 0 Å². The molecule has 1 aromatic heterocycles. The number of thiazole rings is 1. The van der Waals surface area contributed by atoms with Crippen LogP contribution < -0.4 is 5.32 Å². The quantitative estimate of drug-likeness (QED) is 0.652. The lowest BCUT2D eigenvalue weighted by Crippen LogP contribution is -2.38. The predicted octanol–water partition coefficient (Wildman–Crippen LogP) is 3.71. The smallest absolute Gasteiger partial charge is 0.150 e. The van der Waals surface area contributed by atoms with Gasteiger partial charge in [0.1, 0.15) is 4.34 Å². The Bertz CT molecular complexity index is 338. The summed E-state index contributed by atoms with van der Waals surface area (Å²) in [6.07, 6.45) is 5.59. The Morgan fingerprint density at radius 2 is 2.29 bits per heavy atom. The van der Waals surface area contributed by atoms with Crippen LogP contribution in [0.2, 0.25) is 0 Å². The van der Waals surface area contributed by atoms with E-state index in [1.165, 1.54) is 30.0 Å². The van der Waals surface area contributed by atoms with Crippen LogP contribution in [0.5, 0.6) is 0 Å². The van der Waals surface area contributed by atoms with Crippen LogP contribution in [0.15, 0.2) is 9.72 Å². The van der Waals surface area contributed by atoms with Crippen LogP contribution in [0.1, 0.15) is 38.3 Å². The lowest BCUT2D eigenvalue weighted by Gasteiger charge is -2.29. The summed E-state index contributed by atoms with van der Waals surface area (Å²) in [5.41, 5.74) is 1.14. The zero-order valence-electron chi connectivity index (χ0n) is 10.7. The number of hydrogen-bond acceptors (Lipinski definition) is 4. The number of aromatic nitrogens is 1. The molecule has 1 N–H and O–H groups in total. The second-order valence-corrected chi connectivity index (χ2v) is 7.13. The normalized spacial score (nSPS) is 25.1. The lowest BCUT2D eigenvalue weighted by molar-refractivity contribution is 0.285. The fourth-order valence-electron chi connectivity index (χ4n) is 2.40. The molecule has 2 nitrogen and oxygen atoms in total. The minimum Gasteiger partial charge on any atom is -0.313 e. The maximum atomic E-state index is 4.46. The van der Waals surface area contributed by atoms with Crippen molar-refractivity contribution < 1.29 is 0 Å². The molecule has 17 heavy (non-hydrogen) atoms. The molecular weight excluding hydrogens is 248 g/mol. The zero-order chi connectivity index (χ0) is 12.1. The van der Waals surface area contributed by atoms with Gasteiger partial charge in [0, 0.05) is 29.4 Å². The van der Waals surface area contributed by atoms with Crippen LogP contribution in [0, 0.1) is 12.8 Å². The molecule has 1 fully saturated rings. The second kappa shape index (κ2) is 6.76. The van der Waals surface area contributed by atoms with Crippen molar-refractivity contribution in [2.45, 2.75) is 49.9 Å². The van der Waals surface area contributed by atoms with Gasteiger partial charge >= 0.3 is 0 Å². The van der Waals surface area contributed by atoms with E-state index >= 15 is 0 Å². The molecule has 0 amide bonds. The van der Waals surface area contributed by atoms with Crippen molar-refractivity contribution in [1.82, 2.24) is 10.3 Å². The SMILES string of the molecule is Cc1csc(SCCNC2CCCCC2C)n1. The molecule has 2 unspecified atom stereocenters. The van der Waals surface area contributed by atoms with Crippen LogP contribution in [0.3, 0.4) is 0 Å². The van der Waals surface area contributed by atoms with Crippen molar-refractivity contribution in [2.75, 3.05) is 12.3 Å². The first-order chi connectivity index (χ1) is 8.25. The third-order valence-corrected chi connectivity index (χ3v) is 5.58. The fourth-order valence-corrected chi connectivity index (χ4v) is 4.19. The van der Waals surface area contributed by atoms with Crippen molar-refractivity contribution in [2.24, 2.45) is 5.92 Å². The van der Waals surface area contributed by atoms with E-state index in [4.69, 9.17) is 0 Å². The summed E-state index contributed by atoms with van der Waals surface area (Å²) in [4.78, 5) is 4.46. The van der Waals surface area contributed by atoms with E-state index in [1.54, 1.807) is 11.3 Å². The molecule has 1 aliphatic carbocycles. The summed E-state index contributed by atoms with van der Waals surface area (Å²) >= 11 is 3.64. The van der Waals surface area contributed by atoms with E-state index in [1.807, 2.05) is 11.8 Å². The lowest BCUT2D eigenvalue weighted by atomic mass is 9.86. The highest BCUT2D eigenvalue weighted by Crippen LogP contribution is 2.24. The summed E-state index contributed by atoms with van der Waals surface area (Å²) in [6, 6.07) is 0.752. The Hall–Kier alpha value is -0.0600. The molecule has 96 valence electrons. The number of rotatable bonds is 5. The summed E-state index contributed by atoms with van der Waals surface area (Å²) in [5.74, 6) is 1.99. The summed E-state index contributed by atoms with van der Waals surface area (Å²) in [7, 11) is 0. The molecule has 1 aliphatic rings. The zero-order valence-corrected chi connectivity index (χ0v) is 12.4. The molecule has 1 heterocycles. The van der Waals surface area contributed by atoms with Gasteiger partial charge in [-0.05, 0) is 25.7 Å². The highest BCUT2D eigenvalue weighted by atomic mass is 32.2. The number of hydrogen-bond donors (Lipinski definition) is 1. The van der Waals surface area contributed by atoms with Gasteiger partial charge in [-0.2, -0.15) is 0 Å². The first-order valence-electron chi connectivity index (χ1n) is 6.54. The highest BCUT2D eigenvalue weighted by molar-refractivity contribution is 8.01. The van der Waals surface area contributed by atoms with Gasteiger partial charge in [-0.15, -0.1) is 11.3 Å². The summed E-state index contributed by atoms with van der Waals surface area (Å²) in [5, 5.41) is 5.83. The Labute approximate surface area is 113 Å². The standard InChI is InChI=1S/C13H22N2S2/c1-10-5-3-4-6-12(10)14-7-8-16-13-15-11(2)9-17-13/h9-10,12,14H,3-8H2,1-2H3. The largest absolute Gasteiger partial charge is 0.313 e. The molecule has 0 bridgehead atoms. The van der Waals surface area contributed by atoms with Crippen molar-refractivity contribution in [3.8, 4) is 0 Å². The maximum absolute atomic E-state index is 4.46. The summed E-state index contributed by atoms with van der Waals surface area (Å²) < 4.78 is 1.21. The van der Waals surface area contributed by atoms with E-state index in [0.29, 0.717) is 0 Å². The number of thioether (sulfide) groups is 1. The fraction of sp³-hybridized carbons (Fsp3) is 0.769. The van der Waals surface area contributed by atoms with E-state index in [0.717, 1.165) is 30.0 Å². The Morgan fingerprint density at radius 1 is 1.47 bits per heavy atom. The number of nitrogens with one attached hydrogen (secondary N) is 1. The van der Waals surface area contributed by atoms with Gasteiger partial charge in [-0.1, -0.05) is 31.5 Å². The molecular formula is C13H22N2S2. The van der Waals surface area contributed by atoms with Crippen molar-refractivity contribution in [3.63, 3.8) is 0 Å². The van der Waals surface area contributed by atoms with Gasteiger partial charge < -0.3 is 5.32 Å². The van der Waals surface area contributed by atoms with E-state index in [2.05, 4.69) is 29.5 Å². The topological polar surface area (TPSA) is 24.9 Å². The first-order valence-corrected chi connectivity index (χ1v) is 8.40. The molecule has 4 heteroatoms. The van der Waals surface area contributed by atoms with Crippen LogP contribution in [0.4, 0.5) is 0 Å². The monoisotopic (exact) mass is 270 g/mol. The van der Waals surface area contributed by atoms with Crippen LogP contribution in [0.25, 0.3) is 0 Å². The van der Waals surface area contributed by atoms with E-state index in [-0.39, 0.29) is 0 Å². The van der Waals surface area contributed by atoms with Gasteiger partial charge in [0.25, 0.3) is 0 Å².